The smallest absolute Gasteiger partial charge is 0.180 e. The second kappa shape index (κ2) is 7.80. The molecule has 7 nitrogen and oxygen atoms in total. The molecule has 0 bridgehead atoms. The Kier molecular flexibility index (Phi) is 5.77. The number of hydrogen-bond donors (Lipinski definition) is 2. The van der Waals surface area contributed by atoms with Crippen molar-refractivity contribution in [2.45, 2.75) is 19.4 Å². The fourth-order valence-electron chi connectivity index (χ4n) is 2.00. The molecule has 0 fully saturated rings. The van der Waals surface area contributed by atoms with Crippen LogP contribution in [0.15, 0.2) is 18.6 Å². The van der Waals surface area contributed by atoms with Crippen LogP contribution in [-0.4, -0.2) is 54.4 Å². The highest BCUT2D eigenvalue weighted by Gasteiger charge is 2.11. The van der Waals surface area contributed by atoms with Crippen LogP contribution in [0.4, 0.5) is 11.6 Å². The molecule has 2 aromatic heterocycles. The lowest BCUT2D eigenvalue weighted by atomic mass is 10.3. The first-order chi connectivity index (χ1) is 10.3. The van der Waals surface area contributed by atoms with Crippen LogP contribution >= 0.6 is 0 Å². The summed E-state index contributed by atoms with van der Waals surface area (Å²) in [5.74, 6) is 1.56. The topological polar surface area (TPSA) is 72.7 Å². The molecular formula is C14H23N5O2. The monoisotopic (exact) mass is 293 g/mol. The second-order valence-corrected chi connectivity index (χ2v) is 4.75. The number of aromatic nitrogens is 3. The quantitative estimate of drug-likeness (QED) is 0.732. The van der Waals surface area contributed by atoms with E-state index in [2.05, 4.69) is 27.5 Å². The summed E-state index contributed by atoms with van der Waals surface area (Å²) in [4.78, 5) is 8.90. The molecule has 1 atom stereocenters. The molecule has 0 saturated carbocycles. The first-order valence-electron chi connectivity index (χ1n) is 7.11. The Morgan fingerprint density at radius 1 is 1.33 bits per heavy atom. The number of ether oxygens (including phenoxy) is 2. The zero-order valence-corrected chi connectivity index (χ0v) is 12.8. The minimum absolute atomic E-state index is 0.0286. The molecule has 21 heavy (non-hydrogen) atoms. The van der Waals surface area contributed by atoms with Gasteiger partial charge in [-0.15, -0.1) is 0 Å². The molecule has 0 aliphatic rings. The predicted molar refractivity (Wildman–Crippen MR) is 82.9 cm³/mol. The van der Waals surface area contributed by atoms with E-state index in [9.17, 15) is 0 Å². The zero-order valence-electron chi connectivity index (χ0n) is 12.8. The first-order valence-corrected chi connectivity index (χ1v) is 7.11. The number of methoxy groups -OCH3 is 2. The highest BCUT2D eigenvalue weighted by molar-refractivity contribution is 5.65. The van der Waals surface area contributed by atoms with Gasteiger partial charge in [0.2, 0.25) is 0 Å². The Morgan fingerprint density at radius 2 is 2.19 bits per heavy atom. The number of nitrogens with zero attached hydrogens (tertiary/aromatic N) is 3. The molecule has 2 N–H and O–H groups in total. The first kappa shape index (κ1) is 15.5. The third-order valence-electron chi connectivity index (χ3n) is 3.11. The molecule has 0 aromatic carbocycles. The molecular weight excluding hydrogens is 270 g/mol. The van der Waals surface area contributed by atoms with Crippen molar-refractivity contribution < 1.29 is 9.47 Å². The molecule has 0 aliphatic heterocycles. The molecule has 116 valence electrons. The van der Waals surface area contributed by atoms with E-state index in [0.717, 1.165) is 30.2 Å². The van der Waals surface area contributed by atoms with Gasteiger partial charge in [0.15, 0.2) is 11.5 Å². The fraction of sp³-hybridized carbons (Fsp3) is 0.571. The molecule has 2 heterocycles. The summed E-state index contributed by atoms with van der Waals surface area (Å²) in [6.07, 6.45) is 6.62. The van der Waals surface area contributed by atoms with Crippen LogP contribution in [0.1, 0.15) is 13.3 Å². The van der Waals surface area contributed by atoms with Gasteiger partial charge in [0.25, 0.3) is 0 Å². The van der Waals surface area contributed by atoms with Crippen LogP contribution < -0.4 is 10.6 Å². The van der Waals surface area contributed by atoms with Crippen LogP contribution in [0.5, 0.6) is 0 Å². The van der Waals surface area contributed by atoms with E-state index in [-0.39, 0.29) is 6.10 Å². The highest BCUT2D eigenvalue weighted by Crippen LogP contribution is 2.16. The largest absolute Gasteiger partial charge is 0.382 e. The van der Waals surface area contributed by atoms with Gasteiger partial charge in [0.05, 0.1) is 18.9 Å². The summed E-state index contributed by atoms with van der Waals surface area (Å²) in [5.41, 5.74) is 0.796. The van der Waals surface area contributed by atoms with E-state index in [1.54, 1.807) is 20.4 Å². The normalized spacial score (nSPS) is 12.5. The molecule has 2 rings (SSSR count). The Morgan fingerprint density at radius 3 is 2.90 bits per heavy atom. The van der Waals surface area contributed by atoms with Crippen LogP contribution in [0.25, 0.3) is 5.65 Å². The van der Waals surface area contributed by atoms with Gasteiger partial charge < -0.3 is 24.5 Å². The van der Waals surface area contributed by atoms with Crippen molar-refractivity contribution in [1.29, 1.82) is 0 Å². The lowest BCUT2D eigenvalue weighted by molar-refractivity contribution is 0.0365. The van der Waals surface area contributed by atoms with Crippen LogP contribution in [0, 0.1) is 0 Å². The van der Waals surface area contributed by atoms with Gasteiger partial charge >= 0.3 is 0 Å². The summed E-state index contributed by atoms with van der Waals surface area (Å²) in [6.45, 7) is 4.14. The van der Waals surface area contributed by atoms with E-state index in [4.69, 9.17) is 9.47 Å². The number of hydrogen-bond acceptors (Lipinski definition) is 6. The number of imidazole rings is 1. The lowest BCUT2D eigenvalue weighted by Crippen LogP contribution is -2.27. The molecule has 0 amide bonds. The average molecular weight is 293 g/mol. The fourth-order valence-corrected chi connectivity index (χ4v) is 2.00. The molecule has 1 unspecified atom stereocenters. The molecule has 2 aromatic rings. The van der Waals surface area contributed by atoms with E-state index in [1.165, 1.54) is 0 Å². The van der Waals surface area contributed by atoms with Gasteiger partial charge in [-0.25, -0.2) is 9.97 Å². The van der Waals surface area contributed by atoms with Crippen LogP contribution in [0.3, 0.4) is 0 Å². The van der Waals surface area contributed by atoms with Crippen LogP contribution in [-0.2, 0) is 9.47 Å². The average Bonchev–Trinajstić information content (AvgIpc) is 2.97. The van der Waals surface area contributed by atoms with Crippen molar-refractivity contribution in [3.8, 4) is 0 Å². The third kappa shape index (κ3) is 4.05. The maximum absolute atomic E-state index is 5.34. The minimum Gasteiger partial charge on any atom is -0.382 e. The van der Waals surface area contributed by atoms with Crippen LogP contribution in [0.2, 0.25) is 0 Å². The standard InChI is InChI=1S/C14H23N5O2/c1-4-5-15-12-9-19-7-6-16-14(19)13(18-12)17-8-11(21-3)10-20-2/h6-7,9,11,15H,4-5,8,10H2,1-3H3,(H,17,18). The Bertz CT molecular complexity index is 557. The number of rotatable bonds is 9. The summed E-state index contributed by atoms with van der Waals surface area (Å²) < 4.78 is 12.4. The van der Waals surface area contributed by atoms with Crippen molar-refractivity contribution in [3.63, 3.8) is 0 Å². The van der Waals surface area contributed by atoms with E-state index in [0.29, 0.717) is 13.2 Å². The Hall–Kier alpha value is -1.86. The van der Waals surface area contributed by atoms with Gasteiger partial charge in [0.1, 0.15) is 5.82 Å². The zero-order chi connectivity index (χ0) is 15.1. The Balaban J connectivity index is 2.14. The third-order valence-corrected chi connectivity index (χ3v) is 3.11. The number of anilines is 2. The highest BCUT2D eigenvalue weighted by atomic mass is 16.5. The molecule has 7 heteroatoms. The van der Waals surface area contributed by atoms with Gasteiger partial charge in [-0.3, -0.25) is 0 Å². The summed E-state index contributed by atoms with van der Waals surface area (Å²) >= 11 is 0. The summed E-state index contributed by atoms with van der Waals surface area (Å²) in [5, 5.41) is 6.57. The maximum Gasteiger partial charge on any atom is 0.180 e. The molecule has 0 aliphatic carbocycles. The minimum atomic E-state index is -0.0286. The van der Waals surface area contributed by atoms with Gasteiger partial charge in [0, 0.05) is 39.7 Å². The van der Waals surface area contributed by atoms with Crippen molar-refractivity contribution in [2.24, 2.45) is 0 Å². The molecule has 0 radical (unpaired) electrons. The molecule has 0 spiro atoms. The summed E-state index contributed by atoms with van der Waals surface area (Å²) in [6, 6.07) is 0. The Labute approximate surface area is 124 Å². The van der Waals surface area contributed by atoms with Crippen molar-refractivity contribution >= 4 is 17.3 Å². The van der Waals surface area contributed by atoms with Crippen molar-refractivity contribution in [1.82, 2.24) is 14.4 Å². The van der Waals surface area contributed by atoms with Crippen molar-refractivity contribution in [3.05, 3.63) is 18.6 Å². The van der Waals surface area contributed by atoms with Gasteiger partial charge in [-0.05, 0) is 6.42 Å². The van der Waals surface area contributed by atoms with Gasteiger partial charge in [-0.2, -0.15) is 0 Å². The molecule has 0 saturated heterocycles. The SMILES string of the molecule is CCCNc1cn2ccnc2c(NCC(COC)OC)n1. The second-order valence-electron chi connectivity index (χ2n) is 4.75. The maximum atomic E-state index is 5.34. The van der Waals surface area contributed by atoms with E-state index in [1.807, 2.05) is 16.8 Å². The number of nitrogens with one attached hydrogen (secondary N) is 2. The number of fused-ring (bicyclic) bond motifs is 1. The van der Waals surface area contributed by atoms with E-state index >= 15 is 0 Å². The predicted octanol–water partition coefficient (Wildman–Crippen LogP) is 1.62. The summed E-state index contributed by atoms with van der Waals surface area (Å²) in [7, 11) is 3.33. The van der Waals surface area contributed by atoms with Crippen molar-refractivity contribution in [2.75, 3.05) is 44.5 Å². The van der Waals surface area contributed by atoms with E-state index < -0.39 is 0 Å². The van der Waals surface area contributed by atoms with Gasteiger partial charge in [-0.1, -0.05) is 6.92 Å². The lowest BCUT2D eigenvalue weighted by Gasteiger charge is -2.16.